The number of benzene rings is 4. The third-order valence-electron chi connectivity index (χ3n) is 9.76. The highest BCUT2D eigenvalue weighted by Gasteiger charge is 2.49. The molecule has 1 aliphatic heterocycles. The number of carbonyl (C=O) groups is 2. The monoisotopic (exact) mass is 682 g/mol. The quantitative estimate of drug-likeness (QED) is 0.112. The molecule has 0 bridgehead atoms. The highest BCUT2D eigenvalue weighted by atomic mass is 28.4. The van der Waals surface area contributed by atoms with Gasteiger partial charge in [-0.25, -0.2) is 9.18 Å². The van der Waals surface area contributed by atoms with Gasteiger partial charge in [0.2, 0.25) is 5.91 Å². The molecule has 0 aromatic heterocycles. The number of nitrogens with one attached hydrogen (secondary N) is 1. The van der Waals surface area contributed by atoms with Gasteiger partial charge in [-0.3, -0.25) is 4.79 Å². The zero-order chi connectivity index (χ0) is 35.2. The van der Waals surface area contributed by atoms with Gasteiger partial charge in [0.25, 0.3) is 0 Å². The Kier molecular flexibility index (Phi) is 11.2. The average molecular weight is 683 g/mol. The van der Waals surface area contributed by atoms with Crippen LogP contribution in [0.2, 0.25) is 18.1 Å². The molecule has 3 atom stereocenters. The number of carbonyl (C=O) groups excluding carboxylic acids is 2. The first-order chi connectivity index (χ1) is 23.4. The SMILES string of the molecule is COc1ccc(C2C(CCC(O[Si](C)(C)C(C)(C)C)c3ccc(F)cc3)C(=O)N2c2ccc(CNC(=O)OCc3ccccc3)cc2)cc1. The number of ether oxygens (including phenoxy) is 2. The molecule has 49 heavy (non-hydrogen) atoms. The Balaban J connectivity index is 1.30. The summed E-state index contributed by atoms with van der Waals surface area (Å²) >= 11 is 0. The molecule has 1 saturated heterocycles. The van der Waals surface area contributed by atoms with Crippen LogP contribution in [-0.2, 0) is 27.1 Å². The number of hydrogen-bond acceptors (Lipinski definition) is 5. The summed E-state index contributed by atoms with van der Waals surface area (Å²) in [7, 11) is -0.547. The number of nitrogens with zero attached hydrogens (tertiary/aromatic N) is 1. The Bertz CT molecular complexity index is 1690. The molecular formula is C40H47FN2O5Si. The second kappa shape index (κ2) is 15.4. The molecule has 9 heteroatoms. The van der Waals surface area contributed by atoms with Crippen molar-refractivity contribution in [2.45, 2.75) is 77.0 Å². The second-order valence-corrected chi connectivity index (χ2v) is 18.9. The third kappa shape index (κ3) is 8.77. The number of hydrogen-bond donors (Lipinski definition) is 1. The highest BCUT2D eigenvalue weighted by Crippen LogP contribution is 2.48. The molecule has 5 rings (SSSR count). The van der Waals surface area contributed by atoms with Crippen molar-refractivity contribution in [2.75, 3.05) is 12.0 Å². The van der Waals surface area contributed by atoms with Crippen molar-refractivity contribution in [3.05, 3.63) is 131 Å². The van der Waals surface area contributed by atoms with E-state index in [-0.39, 0.29) is 41.4 Å². The van der Waals surface area contributed by atoms with Crippen LogP contribution in [0, 0.1) is 11.7 Å². The van der Waals surface area contributed by atoms with E-state index in [1.807, 2.05) is 83.8 Å². The van der Waals surface area contributed by atoms with E-state index in [1.54, 1.807) is 19.2 Å². The topological polar surface area (TPSA) is 77.1 Å². The third-order valence-corrected chi connectivity index (χ3v) is 14.2. The maximum atomic E-state index is 13.9. The maximum Gasteiger partial charge on any atom is 0.407 e. The molecule has 0 saturated carbocycles. The lowest BCUT2D eigenvalue weighted by molar-refractivity contribution is -0.131. The van der Waals surface area contributed by atoms with E-state index in [4.69, 9.17) is 13.9 Å². The van der Waals surface area contributed by atoms with E-state index in [2.05, 4.69) is 39.2 Å². The number of alkyl carbamates (subject to hydrolysis) is 1. The van der Waals surface area contributed by atoms with Gasteiger partial charge in [0.15, 0.2) is 8.32 Å². The lowest BCUT2D eigenvalue weighted by Crippen LogP contribution is -2.55. The van der Waals surface area contributed by atoms with Crippen LogP contribution in [0.3, 0.4) is 0 Å². The second-order valence-electron chi connectivity index (χ2n) is 14.1. The highest BCUT2D eigenvalue weighted by molar-refractivity contribution is 6.74. The van der Waals surface area contributed by atoms with Crippen molar-refractivity contribution < 1.29 is 27.9 Å². The molecule has 7 nitrogen and oxygen atoms in total. The molecule has 0 radical (unpaired) electrons. The molecule has 1 heterocycles. The van der Waals surface area contributed by atoms with Gasteiger partial charge in [-0.2, -0.15) is 0 Å². The number of methoxy groups -OCH3 is 1. The number of amides is 2. The van der Waals surface area contributed by atoms with E-state index >= 15 is 0 Å². The molecule has 2 amide bonds. The summed E-state index contributed by atoms with van der Waals surface area (Å²) < 4.78 is 31.5. The van der Waals surface area contributed by atoms with Gasteiger partial charge in [-0.15, -0.1) is 0 Å². The standard InChI is InChI=1S/C40H47FN2O5Si/c1-40(2,3)49(5,6)48-36(30-14-18-32(41)19-15-30)25-24-35-37(31-16-22-34(46-4)23-17-31)43(38(35)44)33-20-12-28(13-21-33)26-42-39(45)47-27-29-10-8-7-9-11-29/h7-23,35-37H,24-27H2,1-6H3,(H,42,45). The van der Waals surface area contributed by atoms with Gasteiger partial charge in [0.05, 0.1) is 25.2 Å². The first-order valence-corrected chi connectivity index (χ1v) is 19.7. The van der Waals surface area contributed by atoms with Gasteiger partial charge >= 0.3 is 6.09 Å². The molecule has 4 aromatic carbocycles. The number of rotatable bonds is 13. The minimum Gasteiger partial charge on any atom is -0.497 e. The van der Waals surface area contributed by atoms with Crippen LogP contribution in [0.1, 0.15) is 68.0 Å². The molecule has 0 aliphatic carbocycles. The van der Waals surface area contributed by atoms with Gasteiger partial charge in [0, 0.05) is 12.2 Å². The first-order valence-electron chi connectivity index (χ1n) is 16.8. The summed E-state index contributed by atoms with van der Waals surface area (Å²) in [6.45, 7) is 11.5. The minimum atomic E-state index is -2.18. The predicted octanol–water partition coefficient (Wildman–Crippen LogP) is 9.51. The minimum absolute atomic E-state index is 0.00977. The van der Waals surface area contributed by atoms with Crippen LogP contribution in [0.5, 0.6) is 5.75 Å². The van der Waals surface area contributed by atoms with Crippen molar-refractivity contribution in [3.8, 4) is 5.75 Å². The van der Waals surface area contributed by atoms with Crippen LogP contribution in [0.15, 0.2) is 103 Å². The summed E-state index contributed by atoms with van der Waals surface area (Å²) in [5.41, 5.74) is 4.52. The average Bonchev–Trinajstić information content (AvgIpc) is 3.09. The number of β-lactam (4-membered cyclic amide) rings is 1. The zero-order valence-corrected chi connectivity index (χ0v) is 30.2. The summed E-state index contributed by atoms with van der Waals surface area (Å²) in [5, 5.41) is 2.78. The maximum absolute atomic E-state index is 13.9. The lowest BCUT2D eigenvalue weighted by atomic mass is 9.78. The normalized spacial score (nSPS) is 16.9. The van der Waals surface area contributed by atoms with Gasteiger partial charge < -0.3 is 24.1 Å². The molecule has 3 unspecified atom stereocenters. The van der Waals surface area contributed by atoms with E-state index in [9.17, 15) is 14.0 Å². The van der Waals surface area contributed by atoms with Crippen molar-refractivity contribution in [1.82, 2.24) is 5.32 Å². The van der Waals surface area contributed by atoms with Gasteiger partial charge in [0.1, 0.15) is 18.2 Å². The molecular weight excluding hydrogens is 636 g/mol. The molecule has 258 valence electrons. The molecule has 4 aromatic rings. The summed E-state index contributed by atoms with van der Waals surface area (Å²) in [5.74, 6) is 0.237. The largest absolute Gasteiger partial charge is 0.497 e. The van der Waals surface area contributed by atoms with E-state index < -0.39 is 14.4 Å². The van der Waals surface area contributed by atoms with Gasteiger partial charge in [-0.05, 0) is 89.6 Å². The van der Waals surface area contributed by atoms with Crippen LogP contribution in [0.25, 0.3) is 0 Å². The van der Waals surface area contributed by atoms with E-state index in [0.29, 0.717) is 19.4 Å². The Hall–Kier alpha value is -4.47. The Morgan fingerprint density at radius 1 is 0.898 bits per heavy atom. The van der Waals surface area contributed by atoms with Crippen LogP contribution >= 0.6 is 0 Å². The summed E-state index contributed by atoms with van der Waals surface area (Å²) in [6.07, 6.45) is 0.478. The fourth-order valence-corrected chi connectivity index (χ4v) is 7.18. The molecule has 1 N–H and O–H groups in total. The lowest BCUT2D eigenvalue weighted by Gasteiger charge is -2.48. The first kappa shape index (κ1) is 35.8. The zero-order valence-electron chi connectivity index (χ0n) is 29.2. The fraction of sp³-hybridized carbons (Fsp3) is 0.350. The Morgan fingerprint density at radius 3 is 2.16 bits per heavy atom. The molecule has 1 fully saturated rings. The number of halogens is 1. The van der Waals surface area contributed by atoms with Crippen molar-refractivity contribution in [1.29, 1.82) is 0 Å². The number of anilines is 1. The van der Waals surface area contributed by atoms with E-state index in [0.717, 1.165) is 33.7 Å². The Labute approximate surface area is 290 Å². The van der Waals surface area contributed by atoms with Crippen LogP contribution in [0.4, 0.5) is 14.9 Å². The van der Waals surface area contributed by atoms with Crippen molar-refractivity contribution >= 4 is 26.0 Å². The molecule has 1 aliphatic rings. The van der Waals surface area contributed by atoms with Gasteiger partial charge in [-0.1, -0.05) is 87.5 Å². The molecule has 0 spiro atoms. The summed E-state index contributed by atoms with van der Waals surface area (Å²) in [6, 6.07) is 31.4. The van der Waals surface area contributed by atoms with E-state index in [1.165, 1.54) is 12.1 Å². The van der Waals surface area contributed by atoms with Crippen molar-refractivity contribution in [2.24, 2.45) is 5.92 Å². The fourth-order valence-electron chi connectivity index (χ4n) is 5.86. The van der Waals surface area contributed by atoms with Crippen LogP contribution < -0.4 is 15.0 Å². The van der Waals surface area contributed by atoms with Crippen molar-refractivity contribution in [3.63, 3.8) is 0 Å². The van der Waals surface area contributed by atoms with Crippen LogP contribution in [-0.4, -0.2) is 27.4 Å². The summed E-state index contributed by atoms with van der Waals surface area (Å²) in [4.78, 5) is 28.1. The smallest absolute Gasteiger partial charge is 0.407 e. The predicted molar refractivity (Wildman–Crippen MR) is 193 cm³/mol. The Morgan fingerprint density at radius 2 is 1.55 bits per heavy atom.